The van der Waals surface area contributed by atoms with E-state index in [4.69, 9.17) is 15.5 Å². The highest BCUT2D eigenvalue weighted by Crippen LogP contribution is 2.51. The zero-order chi connectivity index (χ0) is 28.3. The van der Waals surface area contributed by atoms with Crippen LogP contribution in [0.25, 0.3) is 22.2 Å². The minimum Gasteiger partial charge on any atom is -0.457 e. The summed E-state index contributed by atoms with van der Waals surface area (Å²) in [6.07, 6.45) is 9.51. The Morgan fingerprint density at radius 1 is 1.07 bits per heavy atom. The number of benzene rings is 2. The number of ether oxygens (including phenoxy) is 1. The second kappa shape index (κ2) is 11.7. The molecule has 41 heavy (non-hydrogen) atoms. The van der Waals surface area contributed by atoms with Crippen molar-refractivity contribution in [3.63, 3.8) is 0 Å². The Labute approximate surface area is 241 Å². The van der Waals surface area contributed by atoms with Gasteiger partial charge in [-0.15, -0.1) is 0 Å². The molecular weight excluding hydrogens is 512 g/mol. The first-order valence-electron chi connectivity index (χ1n) is 14.6. The first kappa shape index (κ1) is 27.0. The molecule has 1 aliphatic heterocycles. The topological polar surface area (TPSA) is 89.5 Å². The third-order valence-electron chi connectivity index (χ3n) is 8.06. The summed E-state index contributed by atoms with van der Waals surface area (Å²) < 4.78 is 8.42. The van der Waals surface area contributed by atoms with Gasteiger partial charge < -0.3 is 24.8 Å². The van der Waals surface area contributed by atoms with Crippen LogP contribution < -0.4 is 10.5 Å². The number of carbonyl (C=O) groups excluding carboxylic acids is 1. The summed E-state index contributed by atoms with van der Waals surface area (Å²) in [5.41, 5.74) is 10.8. The van der Waals surface area contributed by atoms with Gasteiger partial charge >= 0.3 is 0 Å². The van der Waals surface area contributed by atoms with Crippen LogP contribution in [-0.2, 0) is 4.79 Å². The Kier molecular flexibility index (Phi) is 7.74. The van der Waals surface area contributed by atoms with Gasteiger partial charge in [-0.25, -0.2) is 9.97 Å². The van der Waals surface area contributed by atoms with Crippen LogP contribution in [0.5, 0.6) is 11.5 Å². The van der Waals surface area contributed by atoms with Crippen LogP contribution >= 0.6 is 0 Å². The SMILES string of the molecule is CCCN(C)C/C=C/C(=O)N1CC[C@@H](n2c(C3CC3)c(-c3ccc(Oc4ccccc4)cc3)c3c(N)ncnc32)C1. The molecule has 1 saturated carbocycles. The number of amides is 1. The molecule has 212 valence electrons. The third-order valence-corrected chi connectivity index (χ3v) is 8.06. The molecule has 8 heteroatoms. The average Bonchev–Trinajstić information content (AvgIpc) is 3.59. The average molecular weight is 551 g/mol. The van der Waals surface area contributed by atoms with Crippen molar-refractivity contribution in [2.75, 3.05) is 39.0 Å². The minimum absolute atomic E-state index is 0.0743. The molecular formula is C33H38N6O2. The number of nitrogens with zero attached hydrogens (tertiary/aromatic N) is 5. The number of likely N-dealkylation sites (N-methyl/N-ethyl adjacent to an activating group) is 1. The lowest BCUT2D eigenvalue weighted by atomic mass is 10.0. The van der Waals surface area contributed by atoms with Gasteiger partial charge in [-0.2, -0.15) is 0 Å². The van der Waals surface area contributed by atoms with Gasteiger partial charge in [0.25, 0.3) is 0 Å². The fourth-order valence-electron chi connectivity index (χ4n) is 5.97. The number of rotatable bonds is 10. The van der Waals surface area contributed by atoms with Gasteiger partial charge in [-0.05, 0) is 75.0 Å². The fraction of sp³-hybridized carbons (Fsp3) is 0.364. The molecule has 1 atom stereocenters. The summed E-state index contributed by atoms with van der Waals surface area (Å²) in [7, 11) is 2.08. The number of nitrogens with two attached hydrogens (primary N) is 1. The van der Waals surface area contributed by atoms with Crippen molar-refractivity contribution in [1.82, 2.24) is 24.3 Å². The maximum absolute atomic E-state index is 13.1. The highest BCUT2D eigenvalue weighted by molar-refractivity contribution is 6.03. The summed E-state index contributed by atoms with van der Waals surface area (Å²) in [4.78, 5) is 26.4. The molecule has 2 N–H and O–H groups in total. The molecule has 1 aliphatic carbocycles. The Morgan fingerprint density at radius 3 is 2.56 bits per heavy atom. The predicted molar refractivity (Wildman–Crippen MR) is 163 cm³/mol. The second-order valence-electron chi connectivity index (χ2n) is 11.2. The monoisotopic (exact) mass is 550 g/mol. The van der Waals surface area contributed by atoms with Crippen molar-refractivity contribution in [1.29, 1.82) is 0 Å². The number of likely N-dealkylation sites (tertiary alicyclic amines) is 1. The molecule has 1 saturated heterocycles. The van der Waals surface area contributed by atoms with Crippen molar-refractivity contribution >= 4 is 22.8 Å². The van der Waals surface area contributed by atoms with E-state index in [1.807, 2.05) is 53.4 Å². The molecule has 0 spiro atoms. The van der Waals surface area contributed by atoms with E-state index in [1.165, 1.54) is 5.69 Å². The van der Waals surface area contributed by atoms with Gasteiger partial charge in [0, 0.05) is 37.0 Å². The van der Waals surface area contributed by atoms with Gasteiger partial charge in [0.1, 0.15) is 29.3 Å². The van der Waals surface area contributed by atoms with E-state index >= 15 is 0 Å². The van der Waals surface area contributed by atoms with E-state index in [0.29, 0.717) is 18.3 Å². The molecule has 0 bridgehead atoms. The maximum Gasteiger partial charge on any atom is 0.246 e. The van der Waals surface area contributed by atoms with Gasteiger partial charge in [-0.3, -0.25) is 4.79 Å². The molecule has 4 aromatic rings. The summed E-state index contributed by atoms with van der Waals surface area (Å²) in [6.45, 7) is 5.34. The Morgan fingerprint density at radius 2 is 1.83 bits per heavy atom. The van der Waals surface area contributed by atoms with Crippen molar-refractivity contribution in [3.05, 3.63) is 78.8 Å². The Hall–Kier alpha value is -4.17. The van der Waals surface area contributed by atoms with Gasteiger partial charge in [0.05, 0.1) is 11.4 Å². The number of para-hydroxylation sites is 1. The first-order valence-corrected chi connectivity index (χ1v) is 14.6. The molecule has 0 unspecified atom stereocenters. The summed E-state index contributed by atoms with van der Waals surface area (Å²) in [5.74, 6) is 2.58. The molecule has 2 fully saturated rings. The van der Waals surface area contributed by atoms with Crippen LogP contribution in [0.3, 0.4) is 0 Å². The highest BCUT2D eigenvalue weighted by atomic mass is 16.5. The summed E-state index contributed by atoms with van der Waals surface area (Å²) >= 11 is 0. The summed E-state index contributed by atoms with van der Waals surface area (Å²) in [5, 5.41) is 0.898. The van der Waals surface area contributed by atoms with Crippen LogP contribution in [-0.4, -0.2) is 63.5 Å². The van der Waals surface area contributed by atoms with Gasteiger partial charge in [-0.1, -0.05) is 43.3 Å². The van der Waals surface area contributed by atoms with E-state index in [2.05, 4.69) is 40.6 Å². The molecule has 2 aromatic carbocycles. The second-order valence-corrected chi connectivity index (χ2v) is 11.2. The number of hydrogen-bond donors (Lipinski definition) is 1. The largest absolute Gasteiger partial charge is 0.457 e. The van der Waals surface area contributed by atoms with Crippen LogP contribution in [0, 0.1) is 0 Å². The number of anilines is 1. The van der Waals surface area contributed by atoms with Crippen LogP contribution in [0.4, 0.5) is 5.82 Å². The predicted octanol–water partition coefficient (Wildman–Crippen LogP) is 6.02. The van der Waals surface area contributed by atoms with Crippen molar-refractivity contribution in [2.45, 2.75) is 44.6 Å². The van der Waals surface area contributed by atoms with E-state index in [0.717, 1.165) is 79.0 Å². The lowest BCUT2D eigenvalue weighted by Crippen LogP contribution is -2.28. The molecule has 2 aliphatic rings. The van der Waals surface area contributed by atoms with E-state index < -0.39 is 0 Å². The lowest BCUT2D eigenvalue weighted by molar-refractivity contribution is -0.125. The Bertz CT molecular complexity index is 1540. The van der Waals surface area contributed by atoms with E-state index in [1.54, 1.807) is 12.4 Å². The molecule has 1 amide bonds. The highest BCUT2D eigenvalue weighted by Gasteiger charge is 2.38. The normalized spacial score (nSPS) is 17.2. The molecule has 3 heterocycles. The maximum atomic E-state index is 13.1. The Balaban J connectivity index is 1.31. The van der Waals surface area contributed by atoms with Crippen LogP contribution in [0.2, 0.25) is 0 Å². The van der Waals surface area contributed by atoms with E-state index in [9.17, 15) is 4.79 Å². The number of fused-ring (bicyclic) bond motifs is 1. The smallest absolute Gasteiger partial charge is 0.246 e. The third kappa shape index (κ3) is 5.70. The lowest BCUT2D eigenvalue weighted by Gasteiger charge is -2.19. The molecule has 2 aromatic heterocycles. The van der Waals surface area contributed by atoms with Crippen LogP contribution in [0.1, 0.15) is 50.3 Å². The number of hydrogen-bond acceptors (Lipinski definition) is 6. The van der Waals surface area contributed by atoms with Crippen molar-refractivity contribution in [2.24, 2.45) is 0 Å². The van der Waals surface area contributed by atoms with Gasteiger partial charge in [0.15, 0.2) is 0 Å². The summed E-state index contributed by atoms with van der Waals surface area (Å²) in [6, 6.07) is 18.1. The molecule has 8 nitrogen and oxygen atoms in total. The van der Waals surface area contributed by atoms with Crippen molar-refractivity contribution in [3.8, 4) is 22.6 Å². The van der Waals surface area contributed by atoms with Crippen molar-refractivity contribution < 1.29 is 9.53 Å². The molecule has 0 radical (unpaired) electrons. The first-order chi connectivity index (χ1) is 20.0. The van der Waals surface area contributed by atoms with Gasteiger partial charge in [0.2, 0.25) is 5.91 Å². The van der Waals surface area contributed by atoms with E-state index in [-0.39, 0.29) is 11.9 Å². The minimum atomic E-state index is 0.0743. The fourth-order valence-corrected chi connectivity index (χ4v) is 5.97. The number of aromatic nitrogens is 3. The zero-order valence-electron chi connectivity index (χ0n) is 23.9. The number of carbonyl (C=O) groups is 1. The molecule has 6 rings (SSSR count). The number of nitrogen functional groups attached to an aromatic ring is 1. The quantitative estimate of drug-likeness (QED) is 0.243. The van der Waals surface area contributed by atoms with Crippen LogP contribution in [0.15, 0.2) is 73.1 Å². The zero-order valence-corrected chi connectivity index (χ0v) is 23.9. The standard InChI is InChI=1S/C33H38N6O2/c1-3-18-37(2)19-7-10-28(40)38-20-17-25(21-38)39-31(24-11-12-24)29(30-32(34)35-22-36-33(30)39)23-13-15-27(16-14-23)41-26-8-5-4-6-9-26/h4-10,13-16,22,24-25H,3,11-12,17-21H2,1-2H3,(H2,34,35,36)/b10-7+/t25-/m1/s1.